The predicted molar refractivity (Wildman–Crippen MR) is 135 cm³/mol. The van der Waals surface area contributed by atoms with Crippen LogP contribution in [0.2, 0.25) is 0 Å². The summed E-state index contributed by atoms with van der Waals surface area (Å²) in [7, 11) is 0. The monoisotopic (exact) mass is 432 g/mol. The number of rotatable bonds is 14. The second-order valence-electron chi connectivity index (χ2n) is 9.16. The number of ether oxygens (including phenoxy) is 2. The molecule has 2 heteroatoms. The molecule has 172 valence electrons. The van der Waals surface area contributed by atoms with Gasteiger partial charge in [0.05, 0.1) is 13.2 Å². The summed E-state index contributed by atoms with van der Waals surface area (Å²) in [4.78, 5) is 0. The quantitative estimate of drug-likeness (QED) is 0.291. The molecule has 1 saturated carbocycles. The van der Waals surface area contributed by atoms with E-state index >= 15 is 0 Å². The Balaban J connectivity index is 1.42. The topological polar surface area (TPSA) is 18.5 Å². The lowest BCUT2D eigenvalue weighted by Crippen LogP contribution is -2.41. The second kappa shape index (κ2) is 13.4. The average molecular weight is 433 g/mol. The minimum Gasteiger partial charge on any atom is -0.381 e. The molecule has 2 aromatic carbocycles. The van der Waals surface area contributed by atoms with Gasteiger partial charge in [0, 0.05) is 18.6 Å². The highest BCUT2D eigenvalue weighted by Crippen LogP contribution is 2.46. The number of allylic oxidation sites excluding steroid dienone is 4. The van der Waals surface area contributed by atoms with E-state index in [2.05, 4.69) is 86.7 Å². The van der Waals surface area contributed by atoms with Crippen LogP contribution >= 0.6 is 0 Å². The van der Waals surface area contributed by atoms with Crippen molar-refractivity contribution in [1.82, 2.24) is 0 Å². The minimum absolute atomic E-state index is 0.151. The van der Waals surface area contributed by atoms with Gasteiger partial charge >= 0.3 is 0 Å². The van der Waals surface area contributed by atoms with Crippen LogP contribution in [0.3, 0.4) is 0 Å². The molecule has 1 aliphatic carbocycles. The minimum atomic E-state index is 0.151. The van der Waals surface area contributed by atoms with Gasteiger partial charge in [-0.3, -0.25) is 0 Å². The Kier molecular flexibility index (Phi) is 10.3. The fourth-order valence-corrected chi connectivity index (χ4v) is 4.53. The van der Waals surface area contributed by atoms with E-state index in [9.17, 15) is 0 Å². The van der Waals surface area contributed by atoms with Crippen LogP contribution in [-0.2, 0) is 22.3 Å². The van der Waals surface area contributed by atoms with E-state index in [0.29, 0.717) is 0 Å². The molecule has 0 saturated heterocycles. The van der Waals surface area contributed by atoms with E-state index in [1.165, 1.54) is 16.7 Å². The van der Waals surface area contributed by atoms with Crippen molar-refractivity contribution in [3.63, 3.8) is 0 Å². The summed E-state index contributed by atoms with van der Waals surface area (Å²) in [6.45, 7) is 7.60. The fraction of sp³-hybridized carbons (Fsp3) is 0.467. The molecule has 32 heavy (non-hydrogen) atoms. The molecule has 0 aromatic heterocycles. The summed E-state index contributed by atoms with van der Waals surface area (Å²) < 4.78 is 12.3. The molecule has 0 unspecified atom stereocenters. The lowest BCUT2D eigenvalue weighted by atomic mass is 9.66. The van der Waals surface area contributed by atoms with Gasteiger partial charge in [-0.15, -0.1) is 0 Å². The number of benzene rings is 2. The summed E-state index contributed by atoms with van der Waals surface area (Å²) >= 11 is 0. The third-order valence-corrected chi connectivity index (χ3v) is 6.38. The largest absolute Gasteiger partial charge is 0.381 e. The first-order valence-electron chi connectivity index (χ1n) is 12.3. The third-order valence-electron chi connectivity index (χ3n) is 6.38. The van der Waals surface area contributed by atoms with Gasteiger partial charge in [-0.1, -0.05) is 90.9 Å². The van der Waals surface area contributed by atoms with E-state index in [1.807, 2.05) is 0 Å². The van der Waals surface area contributed by atoms with E-state index < -0.39 is 0 Å². The molecule has 0 radical (unpaired) electrons. The van der Waals surface area contributed by atoms with Gasteiger partial charge in [0.15, 0.2) is 0 Å². The summed E-state index contributed by atoms with van der Waals surface area (Å²) in [6, 6.07) is 21.4. The van der Waals surface area contributed by atoms with Crippen LogP contribution in [0, 0.1) is 5.41 Å². The van der Waals surface area contributed by atoms with Crippen molar-refractivity contribution >= 4 is 0 Å². The molecular formula is C30H40O2. The zero-order valence-electron chi connectivity index (χ0n) is 20.0. The van der Waals surface area contributed by atoms with Gasteiger partial charge in [-0.05, 0) is 63.0 Å². The summed E-state index contributed by atoms with van der Waals surface area (Å²) in [6.07, 6.45) is 12.2. The lowest BCUT2D eigenvalue weighted by Gasteiger charge is -2.43. The zero-order valence-corrected chi connectivity index (χ0v) is 20.0. The van der Waals surface area contributed by atoms with Crippen LogP contribution in [0.1, 0.15) is 57.1 Å². The summed E-state index contributed by atoms with van der Waals surface area (Å²) in [5.74, 6) is 0. The van der Waals surface area contributed by atoms with Crippen molar-refractivity contribution < 1.29 is 9.47 Å². The Morgan fingerprint density at radius 2 is 1.31 bits per heavy atom. The molecule has 0 atom stereocenters. The third kappa shape index (κ3) is 8.07. The maximum atomic E-state index is 6.17. The van der Waals surface area contributed by atoms with E-state index in [-0.39, 0.29) is 5.41 Å². The van der Waals surface area contributed by atoms with Crippen LogP contribution in [0.4, 0.5) is 0 Å². The summed E-state index contributed by atoms with van der Waals surface area (Å²) in [5.41, 5.74) is 5.90. The standard InChI is InChI=1S/C30H40O2/c1-3-26(4-2)21-29-22-30(23-29,24-31-19-11-17-27-13-7-5-8-14-27)25-32-20-12-18-28-15-9-6-10-16-28/h3,5-10,13-16,21H,4,11-12,17-20,22-25H2,1-2H3/b26-3-. The first-order chi connectivity index (χ1) is 15.7. The van der Waals surface area contributed by atoms with Crippen LogP contribution in [0.15, 0.2) is 84.0 Å². The van der Waals surface area contributed by atoms with Crippen molar-refractivity contribution in [2.75, 3.05) is 26.4 Å². The van der Waals surface area contributed by atoms with Crippen LogP contribution in [0.5, 0.6) is 0 Å². The van der Waals surface area contributed by atoms with Gasteiger partial charge in [0.1, 0.15) is 0 Å². The van der Waals surface area contributed by atoms with Gasteiger partial charge in [-0.2, -0.15) is 0 Å². The number of hydrogen-bond donors (Lipinski definition) is 0. The molecule has 2 nitrogen and oxygen atoms in total. The average Bonchev–Trinajstić information content (AvgIpc) is 2.81. The molecule has 3 rings (SSSR count). The molecule has 0 N–H and O–H groups in total. The Morgan fingerprint density at radius 3 is 1.75 bits per heavy atom. The Labute approximate surface area is 195 Å². The van der Waals surface area contributed by atoms with E-state index in [4.69, 9.17) is 9.47 Å². The molecule has 0 aliphatic heterocycles. The predicted octanol–water partition coefficient (Wildman–Crippen LogP) is 7.35. The smallest absolute Gasteiger partial charge is 0.0550 e. The van der Waals surface area contributed by atoms with Gasteiger partial charge in [0.25, 0.3) is 0 Å². The zero-order chi connectivity index (χ0) is 22.5. The second-order valence-corrected chi connectivity index (χ2v) is 9.16. The molecular weight excluding hydrogens is 392 g/mol. The first kappa shape index (κ1) is 24.5. The Morgan fingerprint density at radius 1 is 0.812 bits per heavy atom. The van der Waals surface area contributed by atoms with Gasteiger partial charge in [0.2, 0.25) is 0 Å². The van der Waals surface area contributed by atoms with Crippen LogP contribution < -0.4 is 0 Å². The van der Waals surface area contributed by atoms with Crippen molar-refractivity contribution in [1.29, 1.82) is 0 Å². The number of aryl methyl sites for hydroxylation is 2. The summed E-state index contributed by atoms with van der Waals surface area (Å²) in [5, 5.41) is 0. The van der Waals surface area contributed by atoms with Gasteiger partial charge < -0.3 is 9.47 Å². The lowest BCUT2D eigenvalue weighted by molar-refractivity contribution is -0.0448. The Hall–Kier alpha value is -2.16. The Bertz CT molecular complexity index is 776. The van der Waals surface area contributed by atoms with Crippen LogP contribution in [0.25, 0.3) is 0 Å². The molecule has 2 aromatic rings. The van der Waals surface area contributed by atoms with Crippen molar-refractivity contribution in [3.8, 4) is 0 Å². The van der Waals surface area contributed by atoms with Crippen LogP contribution in [-0.4, -0.2) is 26.4 Å². The highest BCUT2D eigenvalue weighted by atomic mass is 16.5. The molecule has 1 fully saturated rings. The van der Waals surface area contributed by atoms with Crippen molar-refractivity contribution in [3.05, 3.63) is 95.1 Å². The van der Waals surface area contributed by atoms with Crippen molar-refractivity contribution in [2.24, 2.45) is 5.41 Å². The maximum Gasteiger partial charge on any atom is 0.0550 e. The highest BCUT2D eigenvalue weighted by molar-refractivity contribution is 5.29. The fourth-order valence-electron chi connectivity index (χ4n) is 4.53. The first-order valence-corrected chi connectivity index (χ1v) is 12.3. The van der Waals surface area contributed by atoms with E-state index in [1.54, 1.807) is 5.57 Å². The molecule has 0 bridgehead atoms. The normalized spacial score (nSPS) is 15.4. The highest BCUT2D eigenvalue weighted by Gasteiger charge is 2.41. The molecule has 1 aliphatic rings. The maximum absolute atomic E-state index is 6.17. The molecule has 0 amide bonds. The van der Waals surface area contributed by atoms with Gasteiger partial charge in [-0.25, -0.2) is 0 Å². The van der Waals surface area contributed by atoms with Crippen molar-refractivity contribution in [2.45, 2.75) is 58.8 Å². The SMILES string of the molecule is C/C=C(\C=C1CC(COCCCc2ccccc2)(COCCCc2ccccc2)C1)CC. The number of hydrogen-bond acceptors (Lipinski definition) is 2. The van der Waals surface area contributed by atoms with E-state index in [0.717, 1.165) is 71.4 Å². The molecule has 0 spiro atoms. The molecule has 0 heterocycles.